The highest BCUT2D eigenvalue weighted by Gasteiger charge is 2.44. The first-order valence-electron chi connectivity index (χ1n) is 6.96. The van der Waals surface area contributed by atoms with Gasteiger partial charge < -0.3 is 24.8 Å². The molecule has 1 rings (SSSR count). The minimum absolute atomic E-state index is 0.0751. The Bertz CT molecular complexity index is 352. The molecule has 0 spiro atoms. The van der Waals surface area contributed by atoms with Crippen molar-refractivity contribution in [3.63, 3.8) is 0 Å². The van der Waals surface area contributed by atoms with E-state index in [1.807, 2.05) is 0 Å². The van der Waals surface area contributed by atoms with Gasteiger partial charge in [0, 0.05) is 13.1 Å². The third-order valence-corrected chi connectivity index (χ3v) is 3.39. The highest BCUT2D eigenvalue weighted by atomic mass is 16.6. The quantitative estimate of drug-likeness (QED) is 0.380. The highest BCUT2D eigenvalue weighted by molar-refractivity contribution is 5.87. The molecule has 0 aromatic carbocycles. The van der Waals surface area contributed by atoms with Gasteiger partial charge in [-0.2, -0.15) is 0 Å². The number of aliphatic carboxylic acids is 1. The molecule has 1 fully saturated rings. The topological polar surface area (TPSA) is 117 Å². The van der Waals surface area contributed by atoms with E-state index in [4.69, 9.17) is 14.6 Å². The first kappa shape index (κ1) is 17.8. The molecule has 0 radical (unpaired) electrons. The molecule has 21 heavy (non-hydrogen) atoms. The van der Waals surface area contributed by atoms with Crippen LogP contribution in [0.5, 0.6) is 0 Å². The predicted octanol–water partition coefficient (Wildman–Crippen LogP) is -1.16. The van der Waals surface area contributed by atoms with Crippen LogP contribution >= 0.6 is 0 Å². The summed E-state index contributed by atoms with van der Waals surface area (Å²) < 4.78 is 10.0. The summed E-state index contributed by atoms with van der Waals surface area (Å²) in [5.74, 6) is -2.81. The van der Waals surface area contributed by atoms with Crippen molar-refractivity contribution in [3.8, 4) is 0 Å². The lowest BCUT2D eigenvalue weighted by atomic mass is 10.00. The van der Waals surface area contributed by atoms with Crippen LogP contribution in [0.1, 0.15) is 19.8 Å². The van der Waals surface area contributed by atoms with Crippen molar-refractivity contribution in [1.29, 1.82) is 0 Å². The van der Waals surface area contributed by atoms with Gasteiger partial charge in [-0.05, 0) is 26.3 Å². The number of carboxylic acid groups (broad SMARTS) is 1. The number of carbonyl (C=O) groups excluding carboxylic acids is 1. The number of rotatable bonds is 8. The maximum Gasteiger partial charge on any atom is 0.341 e. The van der Waals surface area contributed by atoms with Gasteiger partial charge in [-0.3, -0.25) is 4.90 Å². The average molecular weight is 305 g/mol. The number of esters is 1. The Kier molecular flexibility index (Phi) is 7.03. The first-order chi connectivity index (χ1) is 9.85. The molecule has 1 aliphatic rings. The molecule has 1 heterocycles. The minimum Gasteiger partial charge on any atom is -0.479 e. The van der Waals surface area contributed by atoms with Crippen molar-refractivity contribution in [2.75, 3.05) is 39.5 Å². The number of morpholine rings is 1. The van der Waals surface area contributed by atoms with E-state index in [0.29, 0.717) is 6.42 Å². The van der Waals surface area contributed by atoms with E-state index >= 15 is 0 Å². The molecule has 1 saturated heterocycles. The zero-order chi connectivity index (χ0) is 15.9. The molecule has 8 heteroatoms. The van der Waals surface area contributed by atoms with Crippen molar-refractivity contribution in [2.24, 2.45) is 0 Å². The molecule has 2 atom stereocenters. The molecule has 0 amide bonds. The second-order valence-corrected chi connectivity index (χ2v) is 5.19. The standard InChI is InChI=1S/C13H23NO7/c1-13(19,10(15)11(16)17)12(18)21-7-3-2-4-14-5-8-20-9-6-14/h10,15,19H,2-9H2,1H3,(H,16,17). The molecular formula is C13H23NO7. The Hall–Kier alpha value is -1.22. The van der Waals surface area contributed by atoms with Crippen molar-refractivity contribution in [3.05, 3.63) is 0 Å². The van der Waals surface area contributed by atoms with Gasteiger partial charge in [-0.15, -0.1) is 0 Å². The van der Waals surface area contributed by atoms with Crippen molar-refractivity contribution >= 4 is 11.9 Å². The normalized spacial score (nSPS) is 20.5. The third-order valence-electron chi connectivity index (χ3n) is 3.39. The smallest absolute Gasteiger partial charge is 0.341 e. The second-order valence-electron chi connectivity index (χ2n) is 5.19. The monoisotopic (exact) mass is 305 g/mol. The molecule has 0 aromatic rings. The number of aliphatic hydroxyl groups is 2. The molecule has 3 N–H and O–H groups in total. The fourth-order valence-electron chi connectivity index (χ4n) is 1.93. The number of nitrogens with zero attached hydrogens (tertiary/aromatic N) is 1. The lowest BCUT2D eigenvalue weighted by Crippen LogP contribution is -2.51. The summed E-state index contributed by atoms with van der Waals surface area (Å²) >= 11 is 0. The number of carbonyl (C=O) groups is 2. The molecule has 122 valence electrons. The summed E-state index contributed by atoms with van der Waals surface area (Å²) in [6.07, 6.45) is -0.794. The lowest BCUT2D eigenvalue weighted by Gasteiger charge is -2.26. The van der Waals surface area contributed by atoms with Crippen molar-refractivity contribution in [2.45, 2.75) is 31.5 Å². The predicted molar refractivity (Wildman–Crippen MR) is 71.7 cm³/mol. The number of hydrogen-bond donors (Lipinski definition) is 3. The maximum absolute atomic E-state index is 11.6. The van der Waals surface area contributed by atoms with E-state index in [9.17, 15) is 19.8 Å². The fraction of sp³-hybridized carbons (Fsp3) is 0.846. The summed E-state index contributed by atoms with van der Waals surface area (Å²) in [5.41, 5.74) is -2.45. The van der Waals surface area contributed by atoms with E-state index in [0.717, 1.165) is 46.2 Å². The minimum atomic E-state index is -2.45. The Morgan fingerprint density at radius 2 is 1.95 bits per heavy atom. The van der Waals surface area contributed by atoms with Crippen LogP contribution in [0.15, 0.2) is 0 Å². The van der Waals surface area contributed by atoms with E-state index in [1.54, 1.807) is 0 Å². The SMILES string of the molecule is CC(O)(C(=O)OCCCCN1CCOCC1)C(O)C(=O)O. The first-order valence-corrected chi connectivity index (χ1v) is 6.96. The van der Waals surface area contributed by atoms with Crippen LogP contribution in [0.2, 0.25) is 0 Å². The van der Waals surface area contributed by atoms with Crippen LogP contribution in [-0.2, 0) is 19.1 Å². The lowest BCUT2D eigenvalue weighted by molar-refractivity contribution is -0.184. The van der Waals surface area contributed by atoms with E-state index < -0.39 is 23.6 Å². The Morgan fingerprint density at radius 1 is 1.33 bits per heavy atom. The molecule has 0 aliphatic carbocycles. The fourth-order valence-corrected chi connectivity index (χ4v) is 1.93. The number of carboxylic acids is 1. The maximum atomic E-state index is 11.6. The zero-order valence-electron chi connectivity index (χ0n) is 12.2. The zero-order valence-corrected chi connectivity index (χ0v) is 12.2. The van der Waals surface area contributed by atoms with Crippen LogP contribution in [0, 0.1) is 0 Å². The summed E-state index contributed by atoms with van der Waals surface area (Å²) in [7, 11) is 0. The highest BCUT2D eigenvalue weighted by Crippen LogP contribution is 2.13. The van der Waals surface area contributed by atoms with Crippen LogP contribution in [-0.4, -0.2) is 83.3 Å². The molecule has 2 unspecified atom stereocenters. The Labute approximate surface area is 123 Å². The van der Waals surface area contributed by atoms with Crippen LogP contribution in [0.25, 0.3) is 0 Å². The number of hydrogen-bond acceptors (Lipinski definition) is 7. The van der Waals surface area contributed by atoms with E-state index in [-0.39, 0.29) is 6.61 Å². The van der Waals surface area contributed by atoms with Gasteiger partial charge in [-0.1, -0.05) is 0 Å². The van der Waals surface area contributed by atoms with Crippen LogP contribution in [0.4, 0.5) is 0 Å². The van der Waals surface area contributed by atoms with Gasteiger partial charge in [0.1, 0.15) is 0 Å². The van der Waals surface area contributed by atoms with Gasteiger partial charge >= 0.3 is 11.9 Å². The summed E-state index contributed by atoms with van der Waals surface area (Å²) in [4.78, 5) is 24.4. The molecule has 1 aliphatic heterocycles. The van der Waals surface area contributed by atoms with E-state index in [2.05, 4.69) is 4.90 Å². The van der Waals surface area contributed by atoms with E-state index in [1.165, 1.54) is 0 Å². The molecule has 0 bridgehead atoms. The Morgan fingerprint density at radius 3 is 2.52 bits per heavy atom. The third kappa shape index (κ3) is 5.58. The van der Waals surface area contributed by atoms with Gasteiger partial charge in [0.05, 0.1) is 19.8 Å². The largest absolute Gasteiger partial charge is 0.479 e. The average Bonchev–Trinajstić information content (AvgIpc) is 2.46. The molecule has 8 nitrogen and oxygen atoms in total. The summed E-state index contributed by atoms with van der Waals surface area (Å²) in [6, 6.07) is 0. The second kappa shape index (κ2) is 8.28. The summed E-state index contributed by atoms with van der Waals surface area (Å²) in [5, 5.41) is 27.5. The Balaban J connectivity index is 2.19. The molecule has 0 aromatic heterocycles. The molecule has 0 saturated carbocycles. The van der Waals surface area contributed by atoms with Crippen molar-refractivity contribution in [1.82, 2.24) is 4.90 Å². The van der Waals surface area contributed by atoms with Gasteiger partial charge in [0.15, 0.2) is 11.7 Å². The van der Waals surface area contributed by atoms with Gasteiger partial charge in [-0.25, -0.2) is 9.59 Å². The van der Waals surface area contributed by atoms with Gasteiger partial charge in [0.2, 0.25) is 0 Å². The summed E-state index contributed by atoms with van der Waals surface area (Å²) in [6.45, 7) is 5.09. The van der Waals surface area contributed by atoms with Crippen molar-refractivity contribution < 1.29 is 34.4 Å². The number of ether oxygens (including phenoxy) is 2. The molecular weight excluding hydrogens is 282 g/mol. The van der Waals surface area contributed by atoms with Gasteiger partial charge in [0.25, 0.3) is 0 Å². The number of unbranched alkanes of at least 4 members (excludes halogenated alkanes) is 1. The number of aliphatic hydroxyl groups excluding tert-OH is 1. The van der Waals surface area contributed by atoms with Crippen LogP contribution < -0.4 is 0 Å². The van der Waals surface area contributed by atoms with Crippen LogP contribution in [0.3, 0.4) is 0 Å².